The smallest absolute Gasteiger partial charge is 0.0314 e. The lowest BCUT2D eigenvalue weighted by molar-refractivity contribution is 1.28. The summed E-state index contributed by atoms with van der Waals surface area (Å²) >= 11 is 0. The van der Waals surface area contributed by atoms with E-state index < -0.39 is 0 Å². The van der Waals surface area contributed by atoms with Crippen LogP contribution >= 0.6 is 0 Å². The zero-order valence-electron chi connectivity index (χ0n) is 12.5. The van der Waals surface area contributed by atoms with E-state index in [0.717, 1.165) is 12.1 Å². The summed E-state index contributed by atoms with van der Waals surface area (Å²) < 4.78 is 0. The van der Waals surface area contributed by atoms with Crippen molar-refractivity contribution in [2.24, 2.45) is 0 Å². The molecule has 3 rings (SSSR count). The van der Waals surface area contributed by atoms with Gasteiger partial charge in [-0.2, -0.15) is 0 Å². The van der Waals surface area contributed by atoms with Gasteiger partial charge in [-0.1, -0.05) is 66.7 Å². The van der Waals surface area contributed by atoms with Gasteiger partial charge in [-0.25, -0.2) is 0 Å². The molecule has 0 aliphatic rings. The summed E-state index contributed by atoms with van der Waals surface area (Å²) in [7, 11) is 0. The molecule has 3 aromatic rings. The van der Waals surface area contributed by atoms with Gasteiger partial charge in [0.15, 0.2) is 0 Å². The second kappa shape index (κ2) is 6.31. The molecule has 0 saturated carbocycles. The largest absolute Gasteiger partial charge is 0.399 e. The van der Waals surface area contributed by atoms with Crippen molar-refractivity contribution < 1.29 is 0 Å². The van der Waals surface area contributed by atoms with Crippen molar-refractivity contribution in [3.63, 3.8) is 0 Å². The highest BCUT2D eigenvalue weighted by molar-refractivity contribution is 5.71. The molecule has 0 unspecified atom stereocenters. The number of rotatable bonds is 4. The second-order valence-corrected chi connectivity index (χ2v) is 5.39. The average Bonchev–Trinajstić information content (AvgIpc) is 2.57. The van der Waals surface area contributed by atoms with Crippen molar-refractivity contribution in [3.8, 4) is 22.3 Å². The Morgan fingerprint density at radius 2 is 1.00 bits per heavy atom. The molecule has 108 valence electrons. The van der Waals surface area contributed by atoms with E-state index in [4.69, 9.17) is 5.73 Å². The maximum absolute atomic E-state index is 5.73. The third-order valence-electron chi connectivity index (χ3n) is 3.80. The van der Waals surface area contributed by atoms with E-state index >= 15 is 0 Å². The van der Waals surface area contributed by atoms with Crippen molar-refractivity contribution in [1.29, 1.82) is 0 Å². The fourth-order valence-corrected chi connectivity index (χ4v) is 2.53. The minimum absolute atomic E-state index is 0.792. The van der Waals surface area contributed by atoms with Gasteiger partial charge in [-0.15, -0.1) is 6.58 Å². The average molecular weight is 285 g/mol. The number of hydrogen-bond donors (Lipinski definition) is 1. The quantitative estimate of drug-likeness (QED) is 0.509. The Morgan fingerprint density at radius 1 is 0.636 bits per heavy atom. The first kappa shape index (κ1) is 14.2. The molecule has 0 aromatic heterocycles. The highest BCUT2D eigenvalue weighted by atomic mass is 14.5. The molecule has 3 aromatic carbocycles. The first-order chi connectivity index (χ1) is 10.8. The third-order valence-corrected chi connectivity index (χ3v) is 3.80. The third kappa shape index (κ3) is 3.09. The minimum atomic E-state index is 0.792. The summed E-state index contributed by atoms with van der Waals surface area (Å²) in [4.78, 5) is 0. The molecular formula is C21H19N. The van der Waals surface area contributed by atoms with E-state index in [0.29, 0.717) is 0 Å². The Balaban J connectivity index is 1.84. The predicted octanol–water partition coefficient (Wildman–Crippen LogP) is 5.33. The summed E-state index contributed by atoms with van der Waals surface area (Å²) in [6, 6.07) is 25.2. The van der Waals surface area contributed by atoms with Gasteiger partial charge in [0.05, 0.1) is 0 Å². The molecule has 2 N–H and O–H groups in total. The maximum atomic E-state index is 5.73. The van der Waals surface area contributed by atoms with Crippen LogP contribution in [0.5, 0.6) is 0 Å². The molecule has 1 heteroatoms. The minimum Gasteiger partial charge on any atom is -0.399 e. The molecule has 0 radical (unpaired) electrons. The lowest BCUT2D eigenvalue weighted by Gasteiger charge is -2.06. The zero-order chi connectivity index (χ0) is 15.4. The van der Waals surface area contributed by atoms with E-state index in [2.05, 4.69) is 67.2 Å². The number of anilines is 1. The van der Waals surface area contributed by atoms with Crippen LogP contribution < -0.4 is 5.73 Å². The number of allylic oxidation sites excluding steroid dienone is 1. The monoisotopic (exact) mass is 285 g/mol. The van der Waals surface area contributed by atoms with Crippen LogP contribution in [-0.4, -0.2) is 0 Å². The van der Waals surface area contributed by atoms with Crippen LogP contribution in [0.3, 0.4) is 0 Å². The topological polar surface area (TPSA) is 26.0 Å². The van der Waals surface area contributed by atoms with Gasteiger partial charge in [0.1, 0.15) is 0 Å². The van der Waals surface area contributed by atoms with Crippen LogP contribution in [0, 0.1) is 0 Å². The first-order valence-corrected chi connectivity index (χ1v) is 7.42. The second-order valence-electron chi connectivity index (χ2n) is 5.39. The summed E-state index contributed by atoms with van der Waals surface area (Å²) in [5.41, 5.74) is 12.7. The molecule has 0 atom stereocenters. The van der Waals surface area contributed by atoms with Crippen LogP contribution in [0.1, 0.15) is 5.56 Å². The van der Waals surface area contributed by atoms with Crippen molar-refractivity contribution >= 4 is 5.69 Å². The Morgan fingerprint density at radius 3 is 1.41 bits per heavy atom. The molecule has 0 aliphatic heterocycles. The van der Waals surface area contributed by atoms with Gasteiger partial charge in [0, 0.05) is 5.69 Å². The molecule has 1 nitrogen and oxygen atoms in total. The Bertz CT molecular complexity index is 751. The predicted molar refractivity (Wildman–Crippen MR) is 95.6 cm³/mol. The van der Waals surface area contributed by atoms with E-state index in [1.54, 1.807) is 0 Å². The highest BCUT2D eigenvalue weighted by Gasteiger charge is 2.01. The van der Waals surface area contributed by atoms with Gasteiger partial charge in [0.2, 0.25) is 0 Å². The van der Waals surface area contributed by atoms with E-state index in [1.165, 1.54) is 27.8 Å². The fourth-order valence-electron chi connectivity index (χ4n) is 2.53. The van der Waals surface area contributed by atoms with Crippen molar-refractivity contribution in [1.82, 2.24) is 0 Å². The van der Waals surface area contributed by atoms with Crippen LogP contribution in [0.25, 0.3) is 22.3 Å². The van der Waals surface area contributed by atoms with Crippen LogP contribution in [-0.2, 0) is 6.42 Å². The maximum Gasteiger partial charge on any atom is 0.0314 e. The first-order valence-electron chi connectivity index (χ1n) is 7.42. The lowest BCUT2D eigenvalue weighted by Crippen LogP contribution is -1.85. The molecule has 0 fully saturated rings. The lowest BCUT2D eigenvalue weighted by atomic mass is 9.99. The molecule has 0 spiro atoms. The van der Waals surface area contributed by atoms with Gasteiger partial charge in [-0.05, 0) is 46.4 Å². The van der Waals surface area contributed by atoms with Crippen LogP contribution in [0.15, 0.2) is 85.5 Å². The van der Waals surface area contributed by atoms with Crippen molar-refractivity contribution in [2.45, 2.75) is 6.42 Å². The Labute approximate surface area is 131 Å². The Hall–Kier alpha value is -2.80. The number of nitrogen functional groups attached to an aromatic ring is 1. The van der Waals surface area contributed by atoms with E-state index in [1.807, 2.05) is 18.2 Å². The zero-order valence-corrected chi connectivity index (χ0v) is 12.5. The van der Waals surface area contributed by atoms with E-state index in [-0.39, 0.29) is 0 Å². The standard InChI is InChI=1S/C21H19N/c1-2-3-16-4-6-17(7-5-16)18-8-10-19(11-9-18)20-12-14-21(22)15-13-20/h2,4-15H,1,3,22H2. The molecular weight excluding hydrogens is 266 g/mol. The highest BCUT2D eigenvalue weighted by Crippen LogP contribution is 2.25. The summed E-state index contributed by atoms with van der Waals surface area (Å²) in [6.07, 6.45) is 2.84. The number of nitrogens with two attached hydrogens (primary N) is 1. The number of benzene rings is 3. The van der Waals surface area contributed by atoms with Gasteiger partial charge in [0.25, 0.3) is 0 Å². The summed E-state index contributed by atoms with van der Waals surface area (Å²) in [5, 5.41) is 0. The van der Waals surface area contributed by atoms with Crippen LogP contribution in [0.2, 0.25) is 0 Å². The van der Waals surface area contributed by atoms with Crippen LogP contribution in [0.4, 0.5) is 5.69 Å². The van der Waals surface area contributed by atoms with Gasteiger partial charge >= 0.3 is 0 Å². The summed E-state index contributed by atoms with van der Waals surface area (Å²) in [5.74, 6) is 0. The Kier molecular flexibility index (Phi) is 4.06. The molecule has 0 aliphatic carbocycles. The molecule has 0 saturated heterocycles. The van der Waals surface area contributed by atoms with Crippen molar-refractivity contribution in [2.75, 3.05) is 5.73 Å². The van der Waals surface area contributed by atoms with Crippen molar-refractivity contribution in [3.05, 3.63) is 91.0 Å². The van der Waals surface area contributed by atoms with Gasteiger partial charge in [-0.3, -0.25) is 0 Å². The fraction of sp³-hybridized carbons (Fsp3) is 0.0476. The normalized spacial score (nSPS) is 10.4. The molecule has 0 bridgehead atoms. The number of hydrogen-bond acceptors (Lipinski definition) is 1. The van der Waals surface area contributed by atoms with E-state index in [9.17, 15) is 0 Å². The molecule has 0 heterocycles. The summed E-state index contributed by atoms with van der Waals surface area (Å²) in [6.45, 7) is 3.77. The molecule has 22 heavy (non-hydrogen) atoms. The SMILES string of the molecule is C=CCc1ccc(-c2ccc(-c3ccc(N)cc3)cc2)cc1. The van der Waals surface area contributed by atoms with Gasteiger partial charge < -0.3 is 5.73 Å². The molecule has 0 amide bonds.